The number of hydrogen-bond acceptors (Lipinski definition) is 8. The van der Waals surface area contributed by atoms with E-state index < -0.39 is 0 Å². The third-order valence-electron chi connectivity index (χ3n) is 15.8. The predicted octanol–water partition coefficient (Wildman–Crippen LogP) is 24.7. The molecule has 0 fully saturated rings. The van der Waals surface area contributed by atoms with E-state index in [-0.39, 0.29) is 0 Å². The number of halogens is 2. The molecule has 4 nitrogen and oxygen atoms in total. The smallest absolute Gasteiger partial charge is 0.116 e. The van der Waals surface area contributed by atoms with Gasteiger partial charge in [-0.15, -0.1) is 32.9 Å². The normalized spacial score (nSPS) is 12.9. The van der Waals surface area contributed by atoms with E-state index >= 15 is 0 Å². The molecule has 0 spiro atoms. The first-order valence-corrected chi connectivity index (χ1v) is 35.2. The fourth-order valence-corrected chi connectivity index (χ4v) is 16.5. The molecule has 0 saturated heterocycles. The van der Waals surface area contributed by atoms with E-state index in [1.165, 1.54) is 319 Å². The van der Waals surface area contributed by atoms with Crippen molar-refractivity contribution in [1.82, 2.24) is 19.2 Å². The van der Waals surface area contributed by atoms with Crippen LogP contribution in [0, 0.1) is 11.8 Å². The van der Waals surface area contributed by atoms with Crippen molar-refractivity contribution in [2.45, 2.75) is 297 Å². The first-order valence-electron chi connectivity index (χ1n) is 30.5. The summed E-state index contributed by atoms with van der Waals surface area (Å²) in [5.41, 5.74) is 7.30. The molecule has 5 aromatic rings. The lowest BCUT2D eigenvalue weighted by atomic mass is 9.89. The zero-order chi connectivity index (χ0) is 50.9. The van der Waals surface area contributed by atoms with Gasteiger partial charge in [0.2, 0.25) is 0 Å². The molecule has 0 amide bonds. The lowest BCUT2D eigenvalue weighted by molar-refractivity contribution is 0.400. The average molecular weight is 1190 g/mol. The molecule has 10 heteroatoms. The number of unbranched alkanes of at least 4 members (excludes halogenated alkanes) is 32. The molecule has 0 N–H and O–H groups in total. The van der Waals surface area contributed by atoms with Crippen LogP contribution in [0.5, 0.6) is 0 Å². The standard InChI is InChI=1S/C62H100Br2N4S4/c1-5-9-13-17-21-25-27-31-35-39-43-49(41-37-33-29-23-19-15-11-7-3)45-51-47-53(69-61(51)63)55-57-60(72-67-65-57)56(58-59(55)71-68-66-58)54-48-52(62(64)70-54)46-50(42-38-34-30-24-20-16-12-8-4)44-40-36-32-28-26-22-18-14-10-6-2/h47-50H,5-46H2,1-4H3. The van der Waals surface area contributed by atoms with E-state index in [1.807, 2.05) is 22.7 Å². The molecule has 0 saturated carbocycles. The van der Waals surface area contributed by atoms with Crippen LogP contribution in [0.15, 0.2) is 19.7 Å². The summed E-state index contributed by atoms with van der Waals surface area (Å²) in [4.78, 5) is 2.54. The Kier molecular flexibility index (Phi) is 33.4. The van der Waals surface area contributed by atoms with Gasteiger partial charge in [-0.3, -0.25) is 0 Å². The molecular formula is C62H100Br2N4S4. The predicted molar refractivity (Wildman–Crippen MR) is 332 cm³/mol. The second-order valence-corrected chi connectivity index (χ2v) is 28.3. The van der Waals surface area contributed by atoms with Gasteiger partial charge >= 0.3 is 0 Å². The molecular weight excluding hydrogens is 1090 g/mol. The Balaban J connectivity index is 1.27. The first kappa shape index (κ1) is 62.1. The Bertz CT molecular complexity index is 1920. The topological polar surface area (TPSA) is 51.6 Å². The molecule has 2 unspecified atom stereocenters. The minimum absolute atomic E-state index is 0.729. The Labute approximate surface area is 474 Å². The summed E-state index contributed by atoms with van der Waals surface area (Å²) < 4.78 is 14.2. The highest BCUT2D eigenvalue weighted by atomic mass is 79.9. The fraction of sp³-hybridized carbons (Fsp3) is 0.774. The Morgan fingerprint density at radius 3 is 0.875 bits per heavy atom. The van der Waals surface area contributed by atoms with Crippen molar-refractivity contribution >= 4 is 98.0 Å². The van der Waals surface area contributed by atoms with Crippen molar-refractivity contribution in [3.63, 3.8) is 0 Å². The van der Waals surface area contributed by atoms with Gasteiger partial charge in [-0.2, -0.15) is 0 Å². The number of rotatable bonds is 46. The number of hydrogen-bond donors (Lipinski definition) is 0. The summed E-state index contributed by atoms with van der Waals surface area (Å²) in [6.45, 7) is 9.27. The largest absolute Gasteiger partial charge is 0.137 e. The first-order chi connectivity index (χ1) is 35.5. The number of nitrogens with zero attached hydrogens (tertiary/aromatic N) is 4. The highest BCUT2D eigenvalue weighted by Gasteiger charge is 2.27. The van der Waals surface area contributed by atoms with Gasteiger partial charge in [0.25, 0.3) is 0 Å². The summed E-state index contributed by atoms with van der Waals surface area (Å²) in [6, 6.07) is 4.98. The van der Waals surface area contributed by atoms with Crippen LogP contribution in [0.4, 0.5) is 0 Å². The SMILES string of the molecule is CCCCCCCCCCCCC(CCCCCCCCCC)Cc1cc(-c2c3nnsc3c(-c3cc(CC(CCCCCCCCCC)CCCCCCCCCCCC)c(Br)s3)c3nnsc23)sc1Br. The molecule has 0 aliphatic heterocycles. The Morgan fingerprint density at radius 1 is 0.361 bits per heavy atom. The van der Waals surface area contributed by atoms with E-state index in [1.54, 1.807) is 0 Å². The second kappa shape index (κ2) is 38.7. The molecule has 72 heavy (non-hydrogen) atoms. The number of thiophene rings is 2. The minimum atomic E-state index is 0.729. The molecule has 0 aliphatic carbocycles. The maximum absolute atomic E-state index is 4.91. The van der Waals surface area contributed by atoms with Crippen LogP contribution in [0.1, 0.15) is 296 Å². The molecule has 0 radical (unpaired) electrons. The van der Waals surface area contributed by atoms with Crippen molar-refractivity contribution in [2.75, 3.05) is 0 Å². The van der Waals surface area contributed by atoms with Crippen molar-refractivity contribution in [2.24, 2.45) is 11.8 Å². The molecule has 1 aromatic carbocycles. The minimum Gasteiger partial charge on any atom is -0.137 e. The zero-order valence-corrected chi connectivity index (χ0v) is 52.6. The van der Waals surface area contributed by atoms with Gasteiger partial charge < -0.3 is 0 Å². The summed E-state index contributed by atoms with van der Waals surface area (Å²) in [5, 5.41) is 9.82. The Morgan fingerprint density at radius 2 is 0.611 bits per heavy atom. The van der Waals surface area contributed by atoms with Gasteiger partial charge in [0.1, 0.15) is 11.0 Å². The van der Waals surface area contributed by atoms with Crippen LogP contribution in [0.25, 0.3) is 41.3 Å². The summed E-state index contributed by atoms with van der Waals surface area (Å²) in [7, 11) is 0. The molecule has 5 rings (SSSR count). The van der Waals surface area contributed by atoms with Crippen LogP contribution in [0.3, 0.4) is 0 Å². The second-order valence-electron chi connectivity index (χ2n) is 22.1. The lowest BCUT2D eigenvalue weighted by Crippen LogP contribution is -2.05. The van der Waals surface area contributed by atoms with Crippen molar-refractivity contribution in [1.29, 1.82) is 0 Å². The van der Waals surface area contributed by atoms with Gasteiger partial charge in [-0.25, -0.2) is 0 Å². The molecule has 2 atom stereocenters. The molecule has 0 aliphatic rings. The van der Waals surface area contributed by atoms with Gasteiger partial charge in [0.15, 0.2) is 0 Å². The maximum atomic E-state index is 4.91. The van der Waals surface area contributed by atoms with Crippen molar-refractivity contribution in [3.8, 4) is 20.9 Å². The van der Waals surface area contributed by atoms with Crippen LogP contribution in [-0.4, -0.2) is 19.2 Å². The highest BCUT2D eigenvalue weighted by Crippen LogP contribution is 2.50. The van der Waals surface area contributed by atoms with Crippen LogP contribution in [0.2, 0.25) is 0 Å². The highest BCUT2D eigenvalue weighted by molar-refractivity contribution is 9.11. The maximum Gasteiger partial charge on any atom is 0.116 e. The monoisotopic (exact) mass is 1190 g/mol. The third-order valence-corrected chi connectivity index (χ3v) is 21.2. The summed E-state index contributed by atoms with van der Waals surface area (Å²) in [6.07, 6.45) is 57.9. The van der Waals surface area contributed by atoms with E-state index in [9.17, 15) is 0 Å². The fourth-order valence-electron chi connectivity index (χ4n) is 11.3. The lowest BCUT2D eigenvalue weighted by Gasteiger charge is -2.17. The van der Waals surface area contributed by atoms with E-state index in [0.29, 0.717) is 0 Å². The van der Waals surface area contributed by atoms with Crippen molar-refractivity contribution < 1.29 is 0 Å². The average Bonchev–Trinajstić information content (AvgIpc) is 4.21. The van der Waals surface area contributed by atoms with E-state index in [2.05, 4.69) is 80.7 Å². The van der Waals surface area contributed by atoms with E-state index in [4.69, 9.17) is 10.2 Å². The van der Waals surface area contributed by atoms with Crippen molar-refractivity contribution in [3.05, 3.63) is 30.8 Å². The molecule has 0 bridgehead atoms. The third kappa shape index (κ3) is 22.7. The zero-order valence-electron chi connectivity index (χ0n) is 46.2. The van der Waals surface area contributed by atoms with Crippen LogP contribution < -0.4 is 0 Å². The van der Waals surface area contributed by atoms with Gasteiger partial charge in [0.05, 0.1) is 17.0 Å². The number of benzene rings is 1. The summed E-state index contributed by atoms with van der Waals surface area (Å²) >= 11 is 15.0. The number of fused-ring (bicyclic) bond motifs is 2. The van der Waals surface area contributed by atoms with Crippen LogP contribution >= 0.6 is 77.6 Å². The van der Waals surface area contributed by atoms with Gasteiger partial charge in [-0.1, -0.05) is 294 Å². The van der Waals surface area contributed by atoms with E-state index in [0.717, 1.165) is 45.1 Å². The summed E-state index contributed by atoms with van der Waals surface area (Å²) in [5.74, 6) is 1.46. The molecule has 4 heterocycles. The quantitative estimate of drug-likeness (QED) is 0.0364. The number of aromatic nitrogens is 4. The molecule has 406 valence electrons. The van der Waals surface area contributed by atoms with Gasteiger partial charge in [-0.05, 0) is 103 Å². The van der Waals surface area contributed by atoms with Gasteiger partial charge in [0, 0.05) is 20.9 Å². The Hall–Kier alpha value is -0.780. The van der Waals surface area contributed by atoms with Crippen LogP contribution in [-0.2, 0) is 12.8 Å². The molecule has 4 aromatic heterocycles.